The highest BCUT2D eigenvalue weighted by molar-refractivity contribution is 5.96. The molecule has 2 aromatic carbocycles. The molecule has 5 nitrogen and oxygen atoms in total. The zero-order valence-corrected chi connectivity index (χ0v) is 15.1. The van der Waals surface area contributed by atoms with Gasteiger partial charge in [-0.1, -0.05) is 24.3 Å². The van der Waals surface area contributed by atoms with Gasteiger partial charge in [-0.2, -0.15) is 8.78 Å². The number of halogens is 3. The summed E-state index contributed by atoms with van der Waals surface area (Å²) >= 11 is 0. The Kier molecular flexibility index (Phi) is 6.89. The molecular weight excluding hydrogens is 373 g/mol. The molecule has 0 aliphatic carbocycles. The molecule has 8 heteroatoms. The molecular formula is C20H21F3N2O3. The Morgan fingerprint density at radius 3 is 2.46 bits per heavy atom. The quantitative estimate of drug-likeness (QED) is 0.784. The molecule has 2 aromatic rings. The van der Waals surface area contributed by atoms with E-state index in [0.29, 0.717) is 26.3 Å². The Morgan fingerprint density at radius 1 is 1.11 bits per heavy atom. The van der Waals surface area contributed by atoms with E-state index in [1.165, 1.54) is 30.3 Å². The van der Waals surface area contributed by atoms with Gasteiger partial charge in [-0.05, 0) is 29.8 Å². The number of carbonyl (C=O) groups is 1. The van der Waals surface area contributed by atoms with Crippen molar-refractivity contribution in [2.45, 2.75) is 12.7 Å². The Morgan fingerprint density at radius 2 is 1.79 bits per heavy atom. The molecule has 3 rings (SSSR count). The van der Waals surface area contributed by atoms with Crippen LogP contribution in [0.3, 0.4) is 0 Å². The van der Waals surface area contributed by atoms with Gasteiger partial charge < -0.3 is 14.8 Å². The second-order valence-corrected chi connectivity index (χ2v) is 6.30. The van der Waals surface area contributed by atoms with Gasteiger partial charge in [0.1, 0.15) is 11.6 Å². The lowest BCUT2D eigenvalue weighted by Crippen LogP contribution is -2.43. The van der Waals surface area contributed by atoms with Gasteiger partial charge in [0.15, 0.2) is 0 Å². The van der Waals surface area contributed by atoms with E-state index in [1.54, 1.807) is 18.2 Å². The molecule has 150 valence electrons. The normalized spacial score (nSPS) is 16.0. The molecule has 0 saturated carbocycles. The van der Waals surface area contributed by atoms with Crippen molar-refractivity contribution in [3.8, 4) is 5.75 Å². The second-order valence-electron chi connectivity index (χ2n) is 6.30. The molecule has 1 fully saturated rings. The average Bonchev–Trinajstić information content (AvgIpc) is 2.70. The van der Waals surface area contributed by atoms with Gasteiger partial charge in [0.2, 0.25) is 0 Å². The van der Waals surface area contributed by atoms with Crippen LogP contribution in [0.5, 0.6) is 5.75 Å². The molecule has 0 spiro atoms. The van der Waals surface area contributed by atoms with Crippen LogP contribution in [0.1, 0.15) is 22.0 Å². The van der Waals surface area contributed by atoms with Crippen molar-refractivity contribution in [2.24, 2.45) is 0 Å². The zero-order chi connectivity index (χ0) is 19.9. The summed E-state index contributed by atoms with van der Waals surface area (Å²) in [5, 5.41) is 2.78. The second kappa shape index (κ2) is 9.57. The SMILES string of the molecule is O=C(NCC(c1ccc(F)cc1)N1CCOCC1)c1ccccc1OC(F)F. The molecule has 1 heterocycles. The summed E-state index contributed by atoms with van der Waals surface area (Å²) in [7, 11) is 0. The van der Waals surface area contributed by atoms with Gasteiger partial charge in [-0.25, -0.2) is 4.39 Å². The van der Waals surface area contributed by atoms with E-state index in [2.05, 4.69) is 15.0 Å². The number of ether oxygens (including phenoxy) is 2. The molecule has 28 heavy (non-hydrogen) atoms. The average molecular weight is 394 g/mol. The predicted octanol–water partition coefficient (Wildman–Crippen LogP) is 3.23. The smallest absolute Gasteiger partial charge is 0.387 e. The number of hydrogen-bond donors (Lipinski definition) is 1. The lowest BCUT2D eigenvalue weighted by Gasteiger charge is -2.35. The minimum absolute atomic E-state index is 0.0302. The fourth-order valence-corrected chi connectivity index (χ4v) is 3.17. The van der Waals surface area contributed by atoms with Crippen molar-refractivity contribution in [1.29, 1.82) is 0 Å². The van der Waals surface area contributed by atoms with Gasteiger partial charge in [-0.3, -0.25) is 9.69 Å². The van der Waals surface area contributed by atoms with Crippen LogP contribution in [-0.2, 0) is 4.74 Å². The third kappa shape index (κ3) is 5.24. The first kappa shape index (κ1) is 20.2. The maximum absolute atomic E-state index is 13.3. The van der Waals surface area contributed by atoms with Crippen LogP contribution in [0.4, 0.5) is 13.2 Å². The maximum atomic E-state index is 13.3. The molecule has 1 aliphatic rings. The summed E-state index contributed by atoms with van der Waals surface area (Å²) in [5.41, 5.74) is 0.878. The summed E-state index contributed by atoms with van der Waals surface area (Å²) in [6, 6.07) is 11.7. The molecule has 1 aliphatic heterocycles. The minimum atomic E-state index is -3.02. The molecule has 1 atom stereocenters. The number of morpholine rings is 1. The molecule has 1 N–H and O–H groups in total. The first-order chi connectivity index (χ1) is 13.5. The molecule has 0 radical (unpaired) electrons. The van der Waals surface area contributed by atoms with Gasteiger partial charge in [-0.15, -0.1) is 0 Å². The van der Waals surface area contributed by atoms with Crippen LogP contribution >= 0.6 is 0 Å². The fraction of sp³-hybridized carbons (Fsp3) is 0.350. The highest BCUT2D eigenvalue weighted by Gasteiger charge is 2.24. The van der Waals surface area contributed by atoms with Crippen molar-refractivity contribution >= 4 is 5.91 Å². The summed E-state index contributed by atoms with van der Waals surface area (Å²) in [6.07, 6.45) is 0. The van der Waals surface area contributed by atoms with E-state index in [1.807, 2.05) is 0 Å². The first-order valence-electron chi connectivity index (χ1n) is 8.94. The molecule has 1 saturated heterocycles. The van der Waals surface area contributed by atoms with Gasteiger partial charge in [0.05, 0.1) is 24.8 Å². The number of nitrogens with one attached hydrogen (secondary N) is 1. The van der Waals surface area contributed by atoms with Crippen molar-refractivity contribution < 1.29 is 27.4 Å². The van der Waals surface area contributed by atoms with Crippen LogP contribution in [0.2, 0.25) is 0 Å². The van der Waals surface area contributed by atoms with Crippen molar-refractivity contribution in [3.05, 3.63) is 65.5 Å². The number of carbonyl (C=O) groups excluding carboxylic acids is 1. The standard InChI is InChI=1S/C20H21F3N2O3/c21-15-7-5-14(6-8-15)17(25-9-11-27-12-10-25)13-24-19(26)16-3-1-2-4-18(16)28-20(22)23/h1-8,17,20H,9-13H2,(H,24,26). The van der Waals surface area contributed by atoms with E-state index in [0.717, 1.165) is 5.56 Å². The number of para-hydroxylation sites is 1. The maximum Gasteiger partial charge on any atom is 0.387 e. The number of alkyl halides is 2. The number of nitrogens with zero attached hydrogens (tertiary/aromatic N) is 1. The molecule has 0 bridgehead atoms. The third-order valence-electron chi connectivity index (χ3n) is 4.54. The van der Waals surface area contributed by atoms with E-state index < -0.39 is 12.5 Å². The topological polar surface area (TPSA) is 50.8 Å². The van der Waals surface area contributed by atoms with Crippen LogP contribution < -0.4 is 10.1 Å². The summed E-state index contributed by atoms with van der Waals surface area (Å²) in [4.78, 5) is 14.7. The Balaban J connectivity index is 1.74. The summed E-state index contributed by atoms with van der Waals surface area (Å²) in [6.45, 7) is -0.318. The van der Waals surface area contributed by atoms with Crippen molar-refractivity contribution in [2.75, 3.05) is 32.8 Å². The van der Waals surface area contributed by atoms with Crippen molar-refractivity contribution in [1.82, 2.24) is 10.2 Å². The van der Waals surface area contributed by atoms with E-state index >= 15 is 0 Å². The van der Waals surface area contributed by atoms with E-state index in [-0.39, 0.29) is 29.7 Å². The number of benzene rings is 2. The van der Waals surface area contributed by atoms with E-state index in [9.17, 15) is 18.0 Å². The minimum Gasteiger partial charge on any atom is -0.434 e. The van der Waals surface area contributed by atoms with Crippen LogP contribution in [0.15, 0.2) is 48.5 Å². The number of amides is 1. The molecule has 1 amide bonds. The van der Waals surface area contributed by atoms with Gasteiger partial charge in [0, 0.05) is 19.6 Å². The Bertz CT molecular complexity index is 781. The summed E-state index contributed by atoms with van der Waals surface area (Å²) in [5.74, 6) is -1.04. The first-order valence-corrected chi connectivity index (χ1v) is 8.94. The Hall–Kier alpha value is -2.58. The third-order valence-corrected chi connectivity index (χ3v) is 4.54. The zero-order valence-electron chi connectivity index (χ0n) is 15.1. The highest BCUT2D eigenvalue weighted by atomic mass is 19.3. The van der Waals surface area contributed by atoms with Crippen LogP contribution in [0.25, 0.3) is 0 Å². The van der Waals surface area contributed by atoms with Gasteiger partial charge in [0.25, 0.3) is 5.91 Å². The van der Waals surface area contributed by atoms with E-state index in [4.69, 9.17) is 4.74 Å². The predicted molar refractivity (Wildman–Crippen MR) is 96.9 cm³/mol. The van der Waals surface area contributed by atoms with Crippen LogP contribution in [0, 0.1) is 5.82 Å². The monoisotopic (exact) mass is 394 g/mol. The highest BCUT2D eigenvalue weighted by Crippen LogP contribution is 2.23. The lowest BCUT2D eigenvalue weighted by atomic mass is 10.0. The summed E-state index contributed by atoms with van der Waals surface area (Å²) < 4.78 is 48.2. The number of rotatable bonds is 7. The number of hydrogen-bond acceptors (Lipinski definition) is 4. The largest absolute Gasteiger partial charge is 0.434 e. The van der Waals surface area contributed by atoms with Crippen LogP contribution in [-0.4, -0.2) is 50.3 Å². The lowest BCUT2D eigenvalue weighted by molar-refractivity contribution is -0.0501. The van der Waals surface area contributed by atoms with Gasteiger partial charge >= 0.3 is 6.61 Å². The molecule has 1 unspecified atom stereocenters. The molecule has 0 aromatic heterocycles. The fourth-order valence-electron chi connectivity index (χ4n) is 3.17. The Labute approximate surface area is 161 Å². The van der Waals surface area contributed by atoms with Crippen molar-refractivity contribution in [3.63, 3.8) is 0 Å².